The van der Waals surface area contributed by atoms with Crippen molar-refractivity contribution in [1.29, 1.82) is 0 Å². The molecule has 0 aliphatic heterocycles. The Kier molecular flexibility index (Phi) is 3.21. The second kappa shape index (κ2) is 4.62. The van der Waals surface area contributed by atoms with Crippen LogP contribution >= 0.6 is 11.8 Å². The Morgan fingerprint density at radius 3 is 2.47 bits per heavy atom. The highest BCUT2D eigenvalue weighted by Crippen LogP contribution is 2.22. The second-order valence-electron chi connectivity index (χ2n) is 3.45. The zero-order chi connectivity index (χ0) is 10.7. The molecule has 0 N–H and O–H groups in total. The van der Waals surface area contributed by atoms with Gasteiger partial charge < -0.3 is 0 Å². The van der Waals surface area contributed by atoms with Crippen LogP contribution in [0.15, 0.2) is 29.3 Å². The van der Waals surface area contributed by atoms with Crippen molar-refractivity contribution in [3.05, 3.63) is 30.0 Å². The van der Waals surface area contributed by atoms with Gasteiger partial charge in [0.1, 0.15) is 5.03 Å². The molecule has 0 radical (unpaired) electrons. The summed E-state index contributed by atoms with van der Waals surface area (Å²) in [5.74, 6) is 1.11. The first kappa shape index (κ1) is 10.4. The van der Waals surface area contributed by atoms with Crippen LogP contribution < -0.4 is 0 Å². The molecule has 0 aliphatic carbocycles. The van der Waals surface area contributed by atoms with Crippen molar-refractivity contribution in [3.63, 3.8) is 0 Å². The van der Waals surface area contributed by atoms with Crippen LogP contribution in [0.4, 0.5) is 0 Å². The number of benzene rings is 1. The summed E-state index contributed by atoms with van der Waals surface area (Å²) in [7, 11) is 0. The second-order valence-corrected chi connectivity index (χ2v) is 4.53. The molecule has 3 heteroatoms. The Morgan fingerprint density at radius 1 is 1.13 bits per heavy atom. The fraction of sp³-hybridized carbons (Fsp3) is 0.333. The SMILES string of the molecule is CCCSc1nc2ccccc2nc1C. The number of rotatable bonds is 3. The largest absolute Gasteiger partial charge is 0.249 e. The average Bonchev–Trinajstić information content (AvgIpc) is 2.26. The van der Waals surface area contributed by atoms with Crippen LogP contribution in [0.2, 0.25) is 0 Å². The lowest BCUT2D eigenvalue weighted by Gasteiger charge is -2.04. The summed E-state index contributed by atoms with van der Waals surface area (Å²) in [5, 5.41) is 1.07. The number of thioether (sulfide) groups is 1. The fourth-order valence-electron chi connectivity index (χ4n) is 1.41. The van der Waals surface area contributed by atoms with Crippen LogP contribution in [0.3, 0.4) is 0 Å². The third kappa shape index (κ3) is 2.29. The summed E-state index contributed by atoms with van der Waals surface area (Å²) in [6, 6.07) is 8.01. The number of para-hydroxylation sites is 2. The number of hydrogen-bond acceptors (Lipinski definition) is 3. The lowest BCUT2D eigenvalue weighted by Crippen LogP contribution is -1.93. The van der Waals surface area contributed by atoms with E-state index in [1.165, 1.54) is 6.42 Å². The van der Waals surface area contributed by atoms with Gasteiger partial charge in [-0.2, -0.15) is 0 Å². The molecule has 0 spiro atoms. The van der Waals surface area contributed by atoms with Gasteiger partial charge in [0.2, 0.25) is 0 Å². The number of aryl methyl sites for hydroxylation is 1. The van der Waals surface area contributed by atoms with Gasteiger partial charge in [0.15, 0.2) is 0 Å². The molecule has 0 saturated heterocycles. The molecule has 0 unspecified atom stereocenters. The first-order chi connectivity index (χ1) is 7.31. The summed E-state index contributed by atoms with van der Waals surface area (Å²) in [6.45, 7) is 4.20. The molecule has 2 aromatic rings. The molecule has 2 nitrogen and oxygen atoms in total. The maximum absolute atomic E-state index is 4.61. The number of nitrogens with zero attached hydrogens (tertiary/aromatic N) is 2. The molecule has 78 valence electrons. The quantitative estimate of drug-likeness (QED) is 0.738. The van der Waals surface area contributed by atoms with Crippen molar-refractivity contribution < 1.29 is 0 Å². The smallest absolute Gasteiger partial charge is 0.118 e. The minimum absolute atomic E-state index is 0.982. The molecule has 2 rings (SSSR count). The molecule has 0 fully saturated rings. The van der Waals surface area contributed by atoms with E-state index in [2.05, 4.69) is 16.9 Å². The zero-order valence-electron chi connectivity index (χ0n) is 9.03. The van der Waals surface area contributed by atoms with Gasteiger partial charge >= 0.3 is 0 Å². The van der Waals surface area contributed by atoms with Crippen molar-refractivity contribution in [2.24, 2.45) is 0 Å². The van der Waals surface area contributed by atoms with Gasteiger partial charge in [0, 0.05) is 0 Å². The lowest BCUT2D eigenvalue weighted by atomic mass is 10.3. The van der Waals surface area contributed by atoms with E-state index in [4.69, 9.17) is 0 Å². The third-order valence-electron chi connectivity index (χ3n) is 2.14. The van der Waals surface area contributed by atoms with Gasteiger partial charge in [0.25, 0.3) is 0 Å². The van der Waals surface area contributed by atoms with Gasteiger partial charge in [-0.3, -0.25) is 0 Å². The molecule has 0 bridgehead atoms. The van der Waals surface area contributed by atoms with E-state index < -0.39 is 0 Å². The Labute approximate surface area is 94.1 Å². The van der Waals surface area contributed by atoms with E-state index >= 15 is 0 Å². The standard InChI is InChI=1S/C12H14N2S/c1-3-8-15-12-9(2)13-10-6-4-5-7-11(10)14-12/h4-7H,3,8H2,1-2H3. The van der Waals surface area contributed by atoms with Gasteiger partial charge in [-0.05, 0) is 31.2 Å². The summed E-state index contributed by atoms with van der Waals surface area (Å²) < 4.78 is 0. The summed E-state index contributed by atoms with van der Waals surface area (Å²) in [5.41, 5.74) is 3.00. The Balaban J connectivity index is 2.43. The van der Waals surface area contributed by atoms with E-state index in [9.17, 15) is 0 Å². The molecule has 1 aromatic heterocycles. The molecule has 1 aromatic carbocycles. The Bertz CT molecular complexity index is 468. The number of fused-ring (bicyclic) bond motifs is 1. The van der Waals surface area contributed by atoms with Crippen LogP contribution in [0.25, 0.3) is 11.0 Å². The normalized spacial score (nSPS) is 10.8. The minimum atomic E-state index is 0.982. The molecule has 1 heterocycles. The van der Waals surface area contributed by atoms with E-state index in [-0.39, 0.29) is 0 Å². The topological polar surface area (TPSA) is 25.8 Å². The fourth-order valence-corrected chi connectivity index (χ4v) is 2.22. The van der Waals surface area contributed by atoms with Gasteiger partial charge in [-0.15, -0.1) is 11.8 Å². The van der Waals surface area contributed by atoms with Crippen molar-refractivity contribution in [2.45, 2.75) is 25.3 Å². The summed E-state index contributed by atoms with van der Waals surface area (Å²) in [4.78, 5) is 9.16. The van der Waals surface area contributed by atoms with Crippen LogP contribution in [-0.2, 0) is 0 Å². The van der Waals surface area contributed by atoms with E-state index in [0.29, 0.717) is 0 Å². The van der Waals surface area contributed by atoms with Crippen LogP contribution in [-0.4, -0.2) is 15.7 Å². The number of aromatic nitrogens is 2. The summed E-state index contributed by atoms with van der Waals surface area (Å²) in [6.07, 6.45) is 1.17. The van der Waals surface area contributed by atoms with Gasteiger partial charge in [-0.1, -0.05) is 19.1 Å². The van der Waals surface area contributed by atoms with Crippen molar-refractivity contribution >= 4 is 22.8 Å². The zero-order valence-corrected chi connectivity index (χ0v) is 9.84. The van der Waals surface area contributed by atoms with Crippen LogP contribution in [0.5, 0.6) is 0 Å². The highest BCUT2D eigenvalue weighted by atomic mass is 32.2. The van der Waals surface area contributed by atoms with Crippen LogP contribution in [0.1, 0.15) is 19.0 Å². The highest BCUT2D eigenvalue weighted by molar-refractivity contribution is 7.99. The monoisotopic (exact) mass is 218 g/mol. The number of hydrogen-bond donors (Lipinski definition) is 0. The first-order valence-electron chi connectivity index (χ1n) is 5.17. The van der Waals surface area contributed by atoms with E-state index in [0.717, 1.165) is 27.5 Å². The van der Waals surface area contributed by atoms with Crippen LogP contribution in [0, 0.1) is 6.92 Å². The van der Waals surface area contributed by atoms with Gasteiger partial charge in [0.05, 0.1) is 16.7 Å². The van der Waals surface area contributed by atoms with Crippen molar-refractivity contribution in [3.8, 4) is 0 Å². The lowest BCUT2D eigenvalue weighted by molar-refractivity contribution is 1.03. The maximum Gasteiger partial charge on any atom is 0.118 e. The van der Waals surface area contributed by atoms with Crippen molar-refractivity contribution in [2.75, 3.05) is 5.75 Å². The Morgan fingerprint density at radius 2 is 1.80 bits per heavy atom. The Hall–Kier alpha value is -1.09. The van der Waals surface area contributed by atoms with Gasteiger partial charge in [-0.25, -0.2) is 9.97 Å². The molecule has 0 amide bonds. The molecule has 0 saturated carbocycles. The third-order valence-corrected chi connectivity index (χ3v) is 3.42. The first-order valence-corrected chi connectivity index (χ1v) is 6.16. The van der Waals surface area contributed by atoms with Crippen molar-refractivity contribution in [1.82, 2.24) is 9.97 Å². The predicted octanol–water partition coefficient (Wildman–Crippen LogP) is 3.44. The molecular formula is C12H14N2S. The summed E-state index contributed by atoms with van der Waals surface area (Å²) >= 11 is 1.79. The van der Waals surface area contributed by atoms with E-state index in [1.807, 2.05) is 31.2 Å². The molecule has 0 aliphatic rings. The average molecular weight is 218 g/mol. The molecular weight excluding hydrogens is 204 g/mol. The maximum atomic E-state index is 4.61. The van der Waals surface area contributed by atoms with E-state index in [1.54, 1.807) is 11.8 Å². The molecule has 0 atom stereocenters. The predicted molar refractivity (Wildman–Crippen MR) is 65.3 cm³/mol. The molecule has 15 heavy (non-hydrogen) atoms. The highest BCUT2D eigenvalue weighted by Gasteiger charge is 2.04. The minimum Gasteiger partial charge on any atom is -0.249 e.